The van der Waals surface area contributed by atoms with Crippen LogP contribution in [0.3, 0.4) is 0 Å². The van der Waals surface area contributed by atoms with Gasteiger partial charge in [0.05, 0.1) is 12.7 Å². The highest BCUT2D eigenvalue weighted by Gasteiger charge is 2.15. The zero-order valence-corrected chi connectivity index (χ0v) is 9.11. The topological polar surface area (TPSA) is 53.2 Å². The first kappa shape index (κ1) is 12.6. The maximum atomic E-state index is 13.4. The van der Waals surface area contributed by atoms with Crippen molar-refractivity contribution in [2.75, 3.05) is 13.2 Å². The Hall–Kier alpha value is -1.44. The van der Waals surface area contributed by atoms with E-state index in [0.717, 1.165) is 5.56 Å². The van der Waals surface area contributed by atoms with Gasteiger partial charge in [0.25, 0.3) is 0 Å². The van der Waals surface area contributed by atoms with Gasteiger partial charge in [-0.05, 0) is 25.5 Å². The van der Waals surface area contributed by atoms with Crippen LogP contribution >= 0.6 is 0 Å². The summed E-state index contributed by atoms with van der Waals surface area (Å²) in [6.45, 7) is 2.06. The highest BCUT2D eigenvalue weighted by Crippen LogP contribution is 2.21. The lowest BCUT2D eigenvalue weighted by molar-refractivity contribution is 0.0752. The predicted octanol–water partition coefficient (Wildman–Crippen LogP) is 2.10. The zero-order valence-electron chi connectivity index (χ0n) is 9.11. The Balaban J connectivity index is 2.79. The van der Waals surface area contributed by atoms with Gasteiger partial charge in [-0.25, -0.2) is 4.39 Å². The highest BCUT2D eigenvalue weighted by atomic mass is 19.1. The molecule has 1 unspecified atom stereocenters. The molecule has 0 saturated carbocycles. The van der Waals surface area contributed by atoms with Crippen LogP contribution in [0, 0.1) is 24.1 Å². The standard InChI is InChI=1S/C12H14FNO2/c1-9-3-4-11(13)10(7-9)12(8-14)16-6-2-5-15/h3-4,7,12,15H,2,5-6H2,1H3. The fourth-order valence-electron chi connectivity index (χ4n) is 1.33. The Kier molecular flexibility index (Phi) is 4.90. The summed E-state index contributed by atoms with van der Waals surface area (Å²) in [5.41, 5.74) is 1.13. The fraction of sp³-hybridized carbons (Fsp3) is 0.417. The number of halogens is 1. The van der Waals surface area contributed by atoms with Crippen molar-refractivity contribution in [3.8, 4) is 6.07 Å². The van der Waals surface area contributed by atoms with E-state index in [1.807, 2.05) is 13.0 Å². The summed E-state index contributed by atoms with van der Waals surface area (Å²) in [5, 5.41) is 17.5. The Bertz CT molecular complexity index is 387. The molecule has 3 nitrogen and oxygen atoms in total. The van der Waals surface area contributed by atoms with Gasteiger partial charge in [0.1, 0.15) is 5.82 Å². The number of aliphatic hydroxyl groups is 1. The Morgan fingerprint density at radius 1 is 1.56 bits per heavy atom. The zero-order chi connectivity index (χ0) is 12.0. The summed E-state index contributed by atoms with van der Waals surface area (Å²) in [6, 6.07) is 6.46. The molecule has 0 bridgehead atoms. The molecule has 0 amide bonds. The first-order valence-corrected chi connectivity index (χ1v) is 5.07. The van der Waals surface area contributed by atoms with Crippen LogP contribution in [0.1, 0.15) is 23.7 Å². The summed E-state index contributed by atoms with van der Waals surface area (Å²) in [6.07, 6.45) is -0.475. The molecule has 1 rings (SSSR count). The number of nitriles is 1. The summed E-state index contributed by atoms with van der Waals surface area (Å²) < 4.78 is 18.6. The molecular weight excluding hydrogens is 209 g/mol. The SMILES string of the molecule is Cc1ccc(F)c(C(C#N)OCCCO)c1. The van der Waals surface area contributed by atoms with Crippen LogP contribution in [-0.2, 0) is 4.74 Å². The van der Waals surface area contributed by atoms with Gasteiger partial charge in [-0.3, -0.25) is 0 Å². The number of nitrogens with zero attached hydrogens (tertiary/aromatic N) is 1. The third kappa shape index (κ3) is 3.30. The van der Waals surface area contributed by atoms with Gasteiger partial charge in [0.2, 0.25) is 0 Å². The number of hydrogen-bond donors (Lipinski definition) is 1. The third-order valence-corrected chi connectivity index (χ3v) is 2.14. The molecule has 0 aliphatic heterocycles. The quantitative estimate of drug-likeness (QED) is 0.778. The average Bonchev–Trinajstić information content (AvgIpc) is 2.28. The minimum absolute atomic E-state index is 0.00551. The van der Waals surface area contributed by atoms with Crippen LogP contribution in [-0.4, -0.2) is 18.3 Å². The summed E-state index contributed by atoms with van der Waals surface area (Å²) in [4.78, 5) is 0. The number of aryl methyl sites for hydroxylation is 1. The molecule has 0 aliphatic carbocycles. The normalized spacial score (nSPS) is 12.1. The number of hydrogen-bond acceptors (Lipinski definition) is 3. The Labute approximate surface area is 94.1 Å². The van der Waals surface area contributed by atoms with E-state index in [9.17, 15) is 4.39 Å². The maximum absolute atomic E-state index is 13.4. The number of aliphatic hydroxyl groups excluding tert-OH is 1. The molecule has 0 aliphatic rings. The minimum Gasteiger partial charge on any atom is -0.396 e. The molecule has 0 aromatic heterocycles. The van der Waals surface area contributed by atoms with Gasteiger partial charge in [0, 0.05) is 12.2 Å². The van der Waals surface area contributed by atoms with E-state index < -0.39 is 11.9 Å². The van der Waals surface area contributed by atoms with Crippen LogP contribution in [0.5, 0.6) is 0 Å². The first-order valence-electron chi connectivity index (χ1n) is 5.07. The van der Waals surface area contributed by atoms with E-state index in [1.165, 1.54) is 6.07 Å². The molecule has 1 aromatic carbocycles. The maximum Gasteiger partial charge on any atom is 0.171 e. The second kappa shape index (κ2) is 6.21. The van der Waals surface area contributed by atoms with Crippen LogP contribution < -0.4 is 0 Å². The predicted molar refractivity (Wildman–Crippen MR) is 57.1 cm³/mol. The van der Waals surface area contributed by atoms with Crippen molar-refractivity contribution in [1.82, 2.24) is 0 Å². The molecule has 1 N–H and O–H groups in total. The highest BCUT2D eigenvalue weighted by molar-refractivity contribution is 5.28. The second-order valence-electron chi connectivity index (χ2n) is 3.48. The van der Waals surface area contributed by atoms with Crippen LogP contribution in [0.2, 0.25) is 0 Å². The van der Waals surface area contributed by atoms with Crippen molar-refractivity contribution >= 4 is 0 Å². The molecule has 0 radical (unpaired) electrons. The first-order chi connectivity index (χ1) is 7.69. The summed E-state index contributed by atoms with van der Waals surface area (Å²) >= 11 is 0. The van der Waals surface area contributed by atoms with E-state index in [1.54, 1.807) is 12.1 Å². The molecule has 4 heteroatoms. The molecule has 0 saturated heterocycles. The van der Waals surface area contributed by atoms with Crippen molar-refractivity contribution in [3.05, 3.63) is 35.1 Å². The lowest BCUT2D eigenvalue weighted by atomic mass is 10.1. The Morgan fingerprint density at radius 2 is 2.31 bits per heavy atom. The molecule has 1 aromatic rings. The number of rotatable bonds is 5. The average molecular weight is 223 g/mol. The molecule has 1 atom stereocenters. The molecule has 0 spiro atoms. The summed E-state index contributed by atoms with van der Waals surface area (Å²) in [7, 11) is 0. The lowest BCUT2D eigenvalue weighted by Crippen LogP contribution is -2.07. The van der Waals surface area contributed by atoms with Crippen molar-refractivity contribution in [2.24, 2.45) is 0 Å². The largest absolute Gasteiger partial charge is 0.396 e. The number of benzene rings is 1. The monoisotopic (exact) mass is 223 g/mol. The van der Waals surface area contributed by atoms with Gasteiger partial charge >= 0.3 is 0 Å². The molecule has 16 heavy (non-hydrogen) atoms. The van der Waals surface area contributed by atoms with Crippen molar-refractivity contribution in [3.63, 3.8) is 0 Å². The van der Waals surface area contributed by atoms with E-state index >= 15 is 0 Å². The van der Waals surface area contributed by atoms with Gasteiger partial charge in [-0.15, -0.1) is 0 Å². The molecule has 0 heterocycles. The van der Waals surface area contributed by atoms with E-state index in [2.05, 4.69) is 0 Å². The van der Waals surface area contributed by atoms with Gasteiger partial charge < -0.3 is 9.84 Å². The van der Waals surface area contributed by atoms with Crippen molar-refractivity contribution < 1.29 is 14.2 Å². The van der Waals surface area contributed by atoms with Gasteiger partial charge in [-0.1, -0.05) is 11.6 Å². The van der Waals surface area contributed by atoms with Crippen LogP contribution in [0.4, 0.5) is 4.39 Å². The van der Waals surface area contributed by atoms with E-state index in [4.69, 9.17) is 15.1 Å². The van der Waals surface area contributed by atoms with E-state index in [0.29, 0.717) is 6.42 Å². The minimum atomic E-state index is -0.911. The van der Waals surface area contributed by atoms with E-state index in [-0.39, 0.29) is 18.8 Å². The van der Waals surface area contributed by atoms with Crippen LogP contribution in [0.15, 0.2) is 18.2 Å². The van der Waals surface area contributed by atoms with Crippen molar-refractivity contribution in [1.29, 1.82) is 5.26 Å². The van der Waals surface area contributed by atoms with Crippen LogP contribution in [0.25, 0.3) is 0 Å². The second-order valence-corrected chi connectivity index (χ2v) is 3.48. The number of ether oxygens (including phenoxy) is 1. The lowest BCUT2D eigenvalue weighted by Gasteiger charge is -2.12. The molecule has 0 fully saturated rings. The smallest absolute Gasteiger partial charge is 0.171 e. The molecule has 86 valence electrons. The van der Waals surface area contributed by atoms with Gasteiger partial charge in [0.15, 0.2) is 6.10 Å². The fourth-order valence-corrected chi connectivity index (χ4v) is 1.33. The summed E-state index contributed by atoms with van der Waals surface area (Å²) in [5.74, 6) is -0.443. The third-order valence-electron chi connectivity index (χ3n) is 2.14. The molecular formula is C12H14FNO2. The van der Waals surface area contributed by atoms with Gasteiger partial charge in [-0.2, -0.15) is 5.26 Å². The Morgan fingerprint density at radius 3 is 2.94 bits per heavy atom. The van der Waals surface area contributed by atoms with Crippen molar-refractivity contribution in [2.45, 2.75) is 19.4 Å².